The number of rotatable bonds is 1. The SMILES string of the molecule is Cn1cccc1N1CCCC1=O. The van der Waals surface area contributed by atoms with Gasteiger partial charge in [0, 0.05) is 26.2 Å². The zero-order valence-electron chi connectivity index (χ0n) is 7.16. The van der Waals surface area contributed by atoms with Crippen molar-refractivity contribution in [3.8, 4) is 0 Å². The van der Waals surface area contributed by atoms with E-state index in [1.807, 2.05) is 34.8 Å². The monoisotopic (exact) mass is 164 g/mol. The molecule has 1 aliphatic heterocycles. The van der Waals surface area contributed by atoms with E-state index in [0.717, 1.165) is 18.8 Å². The first-order valence-electron chi connectivity index (χ1n) is 4.21. The van der Waals surface area contributed by atoms with Gasteiger partial charge in [-0.3, -0.25) is 9.69 Å². The number of aryl methyl sites for hydroxylation is 1. The molecule has 0 radical (unpaired) electrons. The molecule has 2 rings (SSSR count). The number of aromatic nitrogens is 1. The summed E-state index contributed by atoms with van der Waals surface area (Å²) in [5, 5.41) is 0. The molecule has 3 heteroatoms. The Hall–Kier alpha value is -1.25. The maximum Gasteiger partial charge on any atom is 0.228 e. The molecule has 1 aliphatic rings. The quantitative estimate of drug-likeness (QED) is 0.611. The molecular weight excluding hydrogens is 152 g/mol. The highest BCUT2D eigenvalue weighted by Gasteiger charge is 2.22. The molecule has 0 unspecified atom stereocenters. The van der Waals surface area contributed by atoms with E-state index >= 15 is 0 Å². The first-order valence-corrected chi connectivity index (χ1v) is 4.21. The summed E-state index contributed by atoms with van der Waals surface area (Å²) in [4.78, 5) is 13.2. The Balaban J connectivity index is 2.30. The molecule has 1 amide bonds. The molecule has 64 valence electrons. The fraction of sp³-hybridized carbons (Fsp3) is 0.444. The summed E-state index contributed by atoms with van der Waals surface area (Å²) in [6.45, 7) is 0.872. The highest BCUT2D eigenvalue weighted by molar-refractivity contribution is 5.94. The highest BCUT2D eigenvalue weighted by Crippen LogP contribution is 2.20. The van der Waals surface area contributed by atoms with Crippen LogP contribution in [0.4, 0.5) is 5.82 Å². The molecule has 0 N–H and O–H groups in total. The Labute approximate surface area is 71.6 Å². The molecule has 1 aromatic rings. The van der Waals surface area contributed by atoms with Gasteiger partial charge in [0.2, 0.25) is 5.91 Å². The summed E-state index contributed by atoms with van der Waals surface area (Å²) in [5.74, 6) is 1.26. The van der Waals surface area contributed by atoms with Crippen molar-refractivity contribution in [2.45, 2.75) is 12.8 Å². The van der Waals surface area contributed by atoms with Crippen molar-refractivity contribution in [3.63, 3.8) is 0 Å². The number of carbonyl (C=O) groups is 1. The Morgan fingerprint density at radius 1 is 1.50 bits per heavy atom. The first kappa shape index (κ1) is 7.40. The summed E-state index contributed by atoms with van der Waals surface area (Å²) in [5.41, 5.74) is 0. The van der Waals surface area contributed by atoms with Crippen molar-refractivity contribution in [1.29, 1.82) is 0 Å². The molecule has 0 saturated carbocycles. The average molecular weight is 164 g/mol. The predicted octanol–water partition coefficient (Wildman–Crippen LogP) is 1.15. The lowest BCUT2D eigenvalue weighted by Gasteiger charge is -2.15. The summed E-state index contributed by atoms with van der Waals surface area (Å²) >= 11 is 0. The minimum absolute atomic E-state index is 0.247. The molecule has 1 aromatic heterocycles. The molecule has 0 spiro atoms. The second-order valence-corrected chi connectivity index (χ2v) is 3.13. The Morgan fingerprint density at radius 3 is 2.83 bits per heavy atom. The van der Waals surface area contributed by atoms with E-state index in [-0.39, 0.29) is 5.91 Å². The summed E-state index contributed by atoms with van der Waals surface area (Å²) in [7, 11) is 1.96. The molecule has 12 heavy (non-hydrogen) atoms. The third kappa shape index (κ3) is 1.02. The standard InChI is InChI=1S/C9H12N2O/c1-10-6-2-4-8(10)11-7-3-5-9(11)12/h2,4,6H,3,5,7H2,1H3. The van der Waals surface area contributed by atoms with E-state index < -0.39 is 0 Å². The number of hydrogen-bond donors (Lipinski definition) is 0. The Morgan fingerprint density at radius 2 is 2.33 bits per heavy atom. The normalized spacial score (nSPS) is 17.4. The van der Waals surface area contributed by atoms with Gasteiger partial charge in [0.05, 0.1) is 0 Å². The van der Waals surface area contributed by atoms with Crippen molar-refractivity contribution in [3.05, 3.63) is 18.3 Å². The lowest BCUT2D eigenvalue weighted by molar-refractivity contribution is -0.117. The van der Waals surface area contributed by atoms with Crippen LogP contribution in [0.5, 0.6) is 0 Å². The van der Waals surface area contributed by atoms with Crippen LogP contribution in [0.25, 0.3) is 0 Å². The summed E-state index contributed by atoms with van der Waals surface area (Å²) in [6, 6.07) is 3.93. The third-order valence-corrected chi connectivity index (χ3v) is 2.27. The third-order valence-electron chi connectivity index (χ3n) is 2.27. The lowest BCUT2D eigenvalue weighted by Crippen LogP contribution is -2.25. The van der Waals surface area contributed by atoms with Gasteiger partial charge < -0.3 is 4.57 Å². The summed E-state index contributed by atoms with van der Waals surface area (Å²) in [6.07, 6.45) is 3.65. The van der Waals surface area contributed by atoms with Crippen LogP contribution in [0.2, 0.25) is 0 Å². The first-order chi connectivity index (χ1) is 5.79. The van der Waals surface area contributed by atoms with Gasteiger partial charge in [0.25, 0.3) is 0 Å². The second-order valence-electron chi connectivity index (χ2n) is 3.13. The van der Waals surface area contributed by atoms with Gasteiger partial charge in [-0.15, -0.1) is 0 Å². The van der Waals surface area contributed by atoms with Gasteiger partial charge >= 0.3 is 0 Å². The maximum atomic E-state index is 11.3. The Bertz CT molecular complexity index is 303. The lowest BCUT2D eigenvalue weighted by atomic mass is 10.4. The summed E-state index contributed by atoms with van der Waals surface area (Å²) < 4.78 is 1.98. The van der Waals surface area contributed by atoms with Crippen LogP contribution < -0.4 is 4.90 Å². The number of hydrogen-bond acceptors (Lipinski definition) is 1. The van der Waals surface area contributed by atoms with E-state index in [4.69, 9.17) is 0 Å². The fourth-order valence-electron chi connectivity index (χ4n) is 1.62. The van der Waals surface area contributed by atoms with Crippen LogP contribution in [0, 0.1) is 0 Å². The van der Waals surface area contributed by atoms with Crippen LogP contribution in [-0.2, 0) is 11.8 Å². The molecule has 0 bridgehead atoms. The van der Waals surface area contributed by atoms with Crippen LogP contribution in [-0.4, -0.2) is 17.0 Å². The van der Waals surface area contributed by atoms with Gasteiger partial charge in [-0.2, -0.15) is 0 Å². The van der Waals surface area contributed by atoms with Crippen molar-refractivity contribution >= 4 is 11.7 Å². The molecule has 2 heterocycles. The van der Waals surface area contributed by atoms with E-state index in [1.165, 1.54) is 0 Å². The van der Waals surface area contributed by atoms with Gasteiger partial charge in [0.1, 0.15) is 5.82 Å². The molecule has 0 aliphatic carbocycles. The average Bonchev–Trinajstić information content (AvgIpc) is 2.59. The molecular formula is C9H12N2O. The van der Waals surface area contributed by atoms with E-state index in [9.17, 15) is 4.79 Å². The van der Waals surface area contributed by atoms with E-state index in [0.29, 0.717) is 6.42 Å². The van der Waals surface area contributed by atoms with Crippen LogP contribution >= 0.6 is 0 Å². The maximum absolute atomic E-state index is 11.3. The van der Waals surface area contributed by atoms with Crippen LogP contribution in [0.3, 0.4) is 0 Å². The van der Waals surface area contributed by atoms with Crippen molar-refractivity contribution in [1.82, 2.24) is 4.57 Å². The molecule has 0 atom stereocenters. The zero-order valence-corrected chi connectivity index (χ0v) is 7.16. The minimum atomic E-state index is 0.247. The molecule has 1 fully saturated rings. The molecule has 0 aromatic carbocycles. The topological polar surface area (TPSA) is 25.2 Å². The van der Waals surface area contributed by atoms with Gasteiger partial charge in [-0.1, -0.05) is 0 Å². The van der Waals surface area contributed by atoms with Crippen molar-refractivity contribution < 1.29 is 4.79 Å². The second kappa shape index (κ2) is 2.66. The highest BCUT2D eigenvalue weighted by atomic mass is 16.2. The van der Waals surface area contributed by atoms with Gasteiger partial charge in [0.15, 0.2) is 0 Å². The fourth-order valence-corrected chi connectivity index (χ4v) is 1.62. The van der Waals surface area contributed by atoms with Crippen LogP contribution in [0.15, 0.2) is 18.3 Å². The van der Waals surface area contributed by atoms with E-state index in [2.05, 4.69) is 0 Å². The smallest absolute Gasteiger partial charge is 0.228 e. The molecule has 3 nitrogen and oxygen atoms in total. The number of amides is 1. The van der Waals surface area contributed by atoms with Crippen LogP contribution in [0.1, 0.15) is 12.8 Å². The van der Waals surface area contributed by atoms with Crippen molar-refractivity contribution in [2.24, 2.45) is 7.05 Å². The predicted molar refractivity (Wildman–Crippen MR) is 47.0 cm³/mol. The zero-order chi connectivity index (χ0) is 8.55. The number of carbonyl (C=O) groups excluding carboxylic acids is 1. The van der Waals surface area contributed by atoms with E-state index in [1.54, 1.807) is 0 Å². The van der Waals surface area contributed by atoms with Gasteiger partial charge in [-0.25, -0.2) is 0 Å². The number of nitrogens with zero attached hydrogens (tertiary/aromatic N) is 2. The number of anilines is 1. The van der Waals surface area contributed by atoms with Crippen molar-refractivity contribution in [2.75, 3.05) is 11.4 Å². The largest absolute Gasteiger partial charge is 0.337 e. The Kier molecular flexibility index (Phi) is 1.64. The minimum Gasteiger partial charge on any atom is -0.337 e. The van der Waals surface area contributed by atoms with Gasteiger partial charge in [-0.05, 0) is 18.6 Å². The molecule has 1 saturated heterocycles.